The van der Waals surface area contributed by atoms with Crippen LogP contribution in [0.15, 0.2) is 24.3 Å². The Morgan fingerprint density at radius 3 is 1.39 bits per heavy atom. The fourth-order valence-electron chi connectivity index (χ4n) is 4.73. The van der Waals surface area contributed by atoms with Gasteiger partial charge < -0.3 is 10.2 Å². The molecule has 0 bridgehead atoms. The number of nitrogens with zero attached hydrogens (tertiary/aromatic N) is 2. The van der Waals surface area contributed by atoms with E-state index in [2.05, 4.69) is 23.6 Å². The standard InChI is InChI=1S/C24H34N2O2/c1-17-7-11-25(12-8-17)15-21-19-3-6-24(28)22(20(19)4-5-23(21)27)16-26-13-9-18(2)10-14-26/h3-6,17-18,27-28H,7-16H2,1-2H3. The SMILES string of the molecule is CC1CCN(Cc2c(O)ccc3c(CN4CCC(C)CC4)c(O)ccc23)CC1. The third-order valence-electron chi connectivity index (χ3n) is 6.89. The van der Waals surface area contributed by atoms with Crippen molar-refractivity contribution in [3.8, 4) is 11.5 Å². The molecule has 0 amide bonds. The molecule has 0 aliphatic carbocycles. The molecule has 2 aromatic carbocycles. The summed E-state index contributed by atoms with van der Waals surface area (Å²) in [5.41, 5.74) is 2.00. The molecule has 2 aliphatic rings. The second-order valence-corrected chi connectivity index (χ2v) is 9.14. The summed E-state index contributed by atoms with van der Waals surface area (Å²) in [6.45, 7) is 10.6. The first-order valence-electron chi connectivity index (χ1n) is 10.9. The van der Waals surface area contributed by atoms with Crippen molar-refractivity contribution < 1.29 is 10.2 Å². The Morgan fingerprint density at radius 2 is 1.04 bits per heavy atom. The number of phenolic OH excluding ortho intramolecular Hbond substituents is 2. The lowest BCUT2D eigenvalue weighted by molar-refractivity contribution is 0.184. The topological polar surface area (TPSA) is 46.9 Å². The molecule has 2 heterocycles. The molecule has 0 aromatic heterocycles. The Morgan fingerprint density at radius 1 is 0.679 bits per heavy atom. The van der Waals surface area contributed by atoms with Gasteiger partial charge >= 0.3 is 0 Å². The second-order valence-electron chi connectivity index (χ2n) is 9.14. The van der Waals surface area contributed by atoms with Crippen molar-refractivity contribution in [1.82, 2.24) is 9.80 Å². The van der Waals surface area contributed by atoms with E-state index in [4.69, 9.17) is 0 Å². The van der Waals surface area contributed by atoms with Gasteiger partial charge in [0.2, 0.25) is 0 Å². The molecule has 0 saturated carbocycles. The minimum absolute atomic E-state index is 0.370. The average molecular weight is 383 g/mol. The summed E-state index contributed by atoms with van der Waals surface area (Å²) in [6.07, 6.45) is 4.91. The molecular formula is C24H34N2O2. The van der Waals surface area contributed by atoms with Gasteiger partial charge in [-0.25, -0.2) is 0 Å². The lowest BCUT2D eigenvalue weighted by Gasteiger charge is -2.31. The zero-order valence-corrected chi connectivity index (χ0v) is 17.3. The molecule has 152 valence electrons. The predicted molar refractivity (Wildman–Crippen MR) is 115 cm³/mol. The van der Waals surface area contributed by atoms with Crippen LogP contribution in [0.2, 0.25) is 0 Å². The Labute approximate surface area is 168 Å². The largest absolute Gasteiger partial charge is 0.508 e. The summed E-state index contributed by atoms with van der Waals surface area (Å²) in [4.78, 5) is 4.90. The molecule has 0 unspecified atom stereocenters. The molecule has 0 radical (unpaired) electrons. The van der Waals surface area contributed by atoms with Gasteiger partial charge in [0, 0.05) is 24.2 Å². The number of piperidine rings is 2. The smallest absolute Gasteiger partial charge is 0.120 e. The maximum Gasteiger partial charge on any atom is 0.120 e. The Hall–Kier alpha value is -1.78. The van der Waals surface area contributed by atoms with E-state index in [1.54, 1.807) is 0 Å². The highest BCUT2D eigenvalue weighted by molar-refractivity contribution is 5.92. The Kier molecular flexibility index (Phi) is 5.79. The van der Waals surface area contributed by atoms with E-state index in [0.717, 1.165) is 73.0 Å². The first-order chi connectivity index (χ1) is 13.5. The van der Waals surface area contributed by atoms with Crippen LogP contribution in [0.25, 0.3) is 10.8 Å². The van der Waals surface area contributed by atoms with Gasteiger partial charge in [-0.05, 0) is 86.6 Å². The maximum atomic E-state index is 10.6. The first kappa shape index (κ1) is 19.5. The minimum atomic E-state index is 0.370. The summed E-state index contributed by atoms with van der Waals surface area (Å²) >= 11 is 0. The number of likely N-dealkylation sites (tertiary alicyclic amines) is 2. The normalized spacial score (nSPS) is 20.8. The van der Waals surface area contributed by atoms with Gasteiger partial charge in [-0.1, -0.05) is 26.0 Å². The van der Waals surface area contributed by atoms with Gasteiger partial charge in [0.05, 0.1) is 0 Å². The summed E-state index contributed by atoms with van der Waals surface area (Å²) in [6, 6.07) is 7.58. The highest BCUT2D eigenvalue weighted by Gasteiger charge is 2.21. The van der Waals surface area contributed by atoms with Crippen molar-refractivity contribution in [2.24, 2.45) is 11.8 Å². The van der Waals surface area contributed by atoms with E-state index in [0.29, 0.717) is 11.5 Å². The van der Waals surface area contributed by atoms with Crippen molar-refractivity contribution in [2.75, 3.05) is 26.2 Å². The summed E-state index contributed by atoms with van der Waals surface area (Å²) in [5, 5.41) is 23.4. The van der Waals surface area contributed by atoms with Gasteiger partial charge in [-0.15, -0.1) is 0 Å². The third-order valence-corrected chi connectivity index (χ3v) is 6.89. The molecule has 28 heavy (non-hydrogen) atoms. The first-order valence-corrected chi connectivity index (χ1v) is 10.9. The molecule has 2 N–H and O–H groups in total. The number of rotatable bonds is 4. The molecule has 2 saturated heterocycles. The van der Waals surface area contributed by atoms with Crippen LogP contribution < -0.4 is 0 Å². The quantitative estimate of drug-likeness (QED) is 0.804. The number of hydrogen-bond acceptors (Lipinski definition) is 4. The summed E-state index contributed by atoms with van der Waals surface area (Å²) < 4.78 is 0. The average Bonchev–Trinajstić information content (AvgIpc) is 2.69. The molecule has 4 heteroatoms. The highest BCUT2D eigenvalue weighted by Crippen LogP contribution is 2.36. The Bertz CT molecular complexity index is 750. The molecule has 0 atom stereocenters. The van der Waals surface area contributed by atoms with Crippen LogP contribution in [0, 0.1) is 11.8 Å². The van der Waals surface area contributed by atoms with E-state index in [9.17, 15) is 10.2 Å². The van der Waals surface area contributed by atoms with Crippen molar-refractivity contribution >= 4 is 10.8 Å². The van der Waals surface area contributed by atoms with Crippen LogP contribution >= 0.6 is 0 Å². The van der Waals surface area contributed by atoms with Crippen LogP contribution in [0.4, 0.5) is 0 Å². The summed E-state index contributed by atoms with van der Waals surface area (Å²) in [5.74, 6) is 2.34. The van der Waals surface area contributed by atoms with Gasteiger partial charge in [-0.2, -0.15) is 0 Å². The lowest BCUT2D eigenvalue weighted by Crippen LogP contribution is -2.32. The van der Waals surface area contributed by atoms with E-state index >= 15 is 0 Å². The highest BCUT2D eigenvalue weighted by atomic mass is 16.3. The Balaban J connectivity index is 1.63. The monoisotopic (exact) mass is 382 g/mol. The minimum Gasteiger partial charge on any atom is -0.508 e. The van der Waals surface area contributed by atoms with E-state index in [-0.39, 0.29) is 0 Å². The van der Waals surface area contributed by atoms with Gasteiger partial charge in [0.1, 0.15) is 11.5 Å². The zero-order valence-electron chi connectivity index (χ0n) is 17.3. The van der Waals surface area contributed by atoms with Crippen LogP contribution in [0.1, 0.15) is 50.7 Å². The summed E-state index contributed by atoms with van der Waals surface area (Å²) in [7, 11) is 0. The zero-order chi connectivity index (χ0) is 19.7. The molecule has 2 fully saturated rings. The molecule has 0 spiro atoms. The van der Waals surface area contributed by atoms with Crippen molar-refractivity contribution in [2.45, 2.75) is 52.6 Å². The van der Waals surface area contributed by atoms with Gasteiger partial charge in [-0.3, -0.25) is 9.80 Å². The second kappa shape index (κ2) is 8.30. The molecule has 2 aliphatic heterocycles. The van der Waals surface area contributed by atoms with Crippen LogP contribution in [0.3, 0.4) is 0 Å². The van der Waals surface area contributed by atoms with Crippen LogP contribution in [-0.4, -0.2) is 46.2 Å². The van der Waals surface area contributed by atoms with Crippen LogP contribution in [-0.2, 0) is 13.1 Å². The fraction of sp³-hybridized carbons (Fsp3) is 0.583. The van der Waals surface area contributed by atoms with Crippen molar-refractivity contribution in [1.29, 1.82) is 0 Å². The van der Waals surface area contributed by atoms with Crippen molar-refractivity contribution in [3.05, 3.63) is 35.4 Å². The van der Waals surface area contributed by atoms with Gasteiger partial charge in [0.15, 0.2) is 0 Å². The number of benzene rings is 2. The van der Waals surface area contributed by atoms with E-state index in [1.165, 1.54) is 25.7 Å². The third kappa shape index (κ3) is 4.13. The number of fused-ring (bicyclic) bond motifs is 1. The van der Waals surface area contributed by atoms with Crippen molar-refractivity contribution in [3.63, 3.8) is 0 Å². The van der Waals surface area contributed by atoms with Crippen LogP contribution in [0.5, 0.6) is 11.5 Å². The van der Waals surface area contributed by atoms with E-state index < -0.39 is 0 Å². The van der Waals surface area contributed by atoms with E-state index in [1.807, 2.05) is 24.3 Å². The molecule has 4 rings (SSSR count). The molecule has 2 aromatic rings. The van der Waals surface area contributed by atoms with Gasteiger partial charge in [0.25, 0.3) is 0 Å². The number of phenols is 2. The number of hydrogen-bond donors (Lipinski definition) is 2. The lowest BCUT2D eigenvalue weighted by atomic mass is 9.94. The molecular weight excluding hydrogens is 348 g/mol. The number of aromatic hydroxyl groups is 2. The predicted octanol–water partition coefficient (Wildman–Crippen LogP) is 4.71. The maximum absolute atomic E-state index is 10.6. The molecule has 4 nitrogen and oxygen atoms in total. The fourth-order valence-corrected chi connectivity index (χ4v) is 4.73.